The molecule has 1 aromatic rings. The first kappa shape index (κ1) is 16.8. The molecule has 0 saturated carbocycles. The Morgan fingerprint density at radius 3 is 2.50 bits per heavy atom. The molecule has 0 amide bonds. The fourth-order valence-corrected chi connectivity index (χ4v) is 2.81. The van der Waals surface area contributed by atoms with Crippen molar-refractivity contribution in [3.63, 3.8) is 0 Å². The summed E-state index contributed by atoms with van der Waals surface area (Å²) in [7, 11) is -3.55. The molecule has 1 rings (SSSR count). The van der Waals surface area contributed by atoms with Crippen LogP contribution in [-0.2, 0) is 15.8 Å². The topological polar surface area (TPSA) is 72.2 Å². The third-order valence-corrected chi connectivity index (χ3v) is 3.87. The van der Waals surface area contributed by atoms with Gasteiger partial charge in [0.15, 0.2) is 0 Å². The zero-order valence-corrected chi connectivity index (χ0v) is 11.6. The highest BCUT2D eigenvalue weighted by atomic mass is 32.2. The maximum Gasteiger partial charge on any atom is 0.389 e. The number of alkyl halides is 3. The number of hydrogen-bond acceptors (Lipinski definition) is 3. The molecule has 114 valence electrons. The minimum atomic E-state index is -4.19. The van der Waals surface area contributed by atoms with Crippen LogP contribution in [0, 0.1) is 0 Å². The molecule has 0 bridgehead atoms. The lowest BCUT2D eigenvalue weighted by Gasteiger charge is -2.08. The largest absolute Gasteiger partial charge is 0.399 e. The van der Waals surface area contributed by atoms with Crippen molar-refractivity contribution in [2.24, 2.45) is 0 Å². The Balaban J connectivity index is 2.35. The van der Waals surface area contributed by atoms with Gasteiger partial charge >= 0.3 is 6.18 Å². The average molecular weight is 310 g/mol. The van der Waals surface area contributed by atoms with Gasteiger partial charge in [-0.2, -0.15) is 13.2 Å². The molecule has 0 radical (unpaired) electrons. The SMILES string of the molecule is Nc1cccc(CS(=O)(=O)NCCCCC(F)(F)F)c1. The van der Waals surface area contributed by atoms with E-state index in [4.69, 9.17) is 5.73 Å². The van der Waals surface area contributed by atoms with Gasteiger partial charge in [-0.25, -0.2) is 13.1 Å². The van der Waals surface area contributed by atoms with Crippen LogP contribution in [0.2, 0.25) is 0 Å². The van der Waals surface area contributed by atoms with Crippen LogP contribution in [0.5, 0.6) is 0 Å². The van der Waals surface area contributed by atoms with E-state index in [0.717, 1.165) is 0 Å². The molecule has 0 fully saturated rings. The van der Waals surface area contributed by atoms with Crippen molar-refractivity contribution in [2.45, 2.75) is 31.2 Å². The molecule has 0 saturated heterocycles. The summed E-state index contributed by atoms with van der Waals surface area (Å²) in [5.74, 6) is -0.239. The van der Waals surface area contributed by atoms with E-state index < -0.39 is 22.6 Å². The van der Waals surface area contributed by atoms with Gasteiger partial charge in [0.2, 0.25) is 10.0 Å². The van der Waals surface area contributed by atoms with Crippen LogP contribution in [0.1, 0.15) is 24.8 Å². The summed E-state index contributed by atoms with van der Waals surface area (Å²) < 4.78 is 61.3. The molecule has 4 nitrogen and oxygen atoms in total. The number of nitrogens with one attached hydrogen (secondary N) is 1. The standard InChI is InChI=1S/C12H17F3N2O2S/c13-12(14,15)6-1-2-7-17-20(18,19)9-10-4-3-5-11(16)8-10/h3-5,8,17H,1-2,6-7,9,16H2. The summed E-state index contributed by atoms with van der Waals surface area (Å²) in [6, 6.07) is 6.45. The Kier molecular flexibility index (Phi) is 5.82. The van der Waals surface area contributed by atoms with Crippen LogP contribution in [0.3, 0.4) is 0 Å². The highest BCUT2D eigenvalue weighted by Gasteiger charge is 2.25. The highest BCUT2D eigenvalue weighted by molar-refractivity contribution is 7.88. The molecule has 0 aliphatic heterocycles. The van der Waals surface area contributed by atoms with E-state index >= 15 is 0 Å². The van der Waals surface area contributed by atoms with Crippen LogP contribution in [0.25, 0.3) is 0 Å². The van der Waals surface area contributed by atoms with E-state index in [1.54, 1.807) is 24.3 Å². The Morgan fingerprint density at radius 1 is 1.20 bits per heavy atom. The molecule has 20 heavy (non-hydrogen) atoms. The Bertz CT molecular complexity index is 530. The van der Waals surface area contributed by atoms with Crippen LogP contribution < -0.4 is 10.5 Å². The van der Waals surface area contributed by atoms with Crippen molar-refractivity contribution >= 4 is 15.7 Å². The Morgan fingerprint density at radius 2 is 1.90 bits per heavy atom. The molecule has 1 aromatic carbocycles. The number of hydrogen-bond donors (Lipinski definition) is 2. The molecule has 0 spiro atoms. The molecule has 0 unspecified atom stereocenters. The van der Waals surface area contributed by atoms with Gasteiger partial charge < -0.3 is 5.73 Å². The predicted molar refractivity (Wildman–Crippen MR) is 71.4 cm³/mol. The van der Waals surface area contributed by atoms with Crippen LogP contribution >= 0.6 is 0 Å². The number of nitrogen functional groups attached to an aromatic ring is 1. The summed E-state index contributed by atoms with van der Waals surface area (Å²) >= 11 is 0. The number of nitrogens with two attached hydrogens (primary N) is 1. The third-order valence-electron chi connectivity index (χ3n) is 2.52. The zero-order valence-electron chi connectivity index (χ0n) is 10.8. The lowest BCUT2D eigenvalue weighted by molar-refractivity contribution is -0.135. The second kappa shape index (κ2) is 6.94. The number of sulfonamides is 1. The first-order valence-corrected chi connectivity index (χ1v) is 7.72. The molecule has 0 aliphatic rings. The molecule has 0 atom stereocenters. The predicted octanol–water partition coefficient (Wildman–Crippen LogP) is 2.42. The van der Waals surface area contributed by atoms with E-state index in [9.17, 15) is 21.6 Å². The molecule has 0 aliphatic carbocycles. The number of unbranched alkanes of at least 4 members (excludes halogenated alkanes) is 1. The maximum absolute atomic E-state index is 11.9. The summed E-state index contributed by atoms with van der Waals surface area (Å²) in [5.41, 5.74) is 6.53. The highest BCUT2D eigenvalue weighted by Crippen LogP contribution is 2.21. The van der Waals surface area contributed by atoms with Crippen molar-refractivity contribution in [1.82, 2.24) is 4.72 Å². The van der Waals surface area contributed by atoms with E-state index in [1.165, 1.54) is 0 Å². The van der Waals surface area contributed by atoms with E-state index in [-0.39, 0.29) is 25.1 Å². The van der Waals surface area contributed by atoms with Crippen molar-refractivity contribution in [2.75, 3.05) is 12.3 Å². The monoisotopic (exact) mass is 310 g/mol. The van der Waals surface area contributed by atoms with Crippen LogP contribution in [0.15, 0.2) is 24.3 Å². The fraction of sp³-hybridized carbons (Fsp3) is 0.500. The zero-order chi connectivity index (χ0) is 15.2. The van der Waals surface area contributed by atoms with Crippen LogP contribution in [0.4, 0.5) is 18.9 Å². The lowest BCUT2D eigenvalue weighted by atomic mass is 10.2. The van der Waals surface area contributed by atoms with Gasteiger partial charge in [0.1, 0.15) is 0 Å². The summed E-state index contributed by atoms with van der Waals surface area (Å²) in [6.45, 7) is 0.000723. The quantitative estimate of drug-likeness (QED) is 0.600. The maximum atomic E-state index is 11.9. The van der Waals surface area contributed by atoms with Crippen LogP contribution in [-0.4, -0.2) is 21.1 Å². The van der Waals surface area contributed by atoms with Crippen molar-refractivity contribution < 1.29 is 21.6 Å². The fourth-order valence-electron chi connectivity index (χ4n) is 1.63. The first-order valence-electron chi connectivity index (χ1n) is 6.06. The van der Waals surface area contributed by atoms with Gasteiger partial charge in [0.05, 0.1) is 5.75 Å². The molecule has 8 heteroatoms. The smallest absolute Gasteiger partial charge is 0.389 e. The van der Waals surface area contributed by atoms with E-state index in [2.05, 4.69) is 4.72 Å². The second-order valence-electron chi connectivity index (χ2n) is 4.47. The van der Waals surface area contributed by atoms with E-state index in [0.29, 0.717) is 11.3 Å². The molecule has 0 heterocycles. The van der Waals surface area contributed by atoms with Gasteiger partial charge in [-0.1, -0.05) is 12.1 Å². The first-order chi connectivity index (χ1) is 9.18. The number of anilines is 1. The third kappa shape index (κ3) is 7.34. The minimum Gasteiger partial charge on any atom is -0.399 e. The van der Waals surface area contributed by atoms with Gasteiger partial charge in [-0.05, 0) is 30.5 Å². The number of benzene rings is 1. The van der Waals surface area contributed by atoms with Gasteiger partial charge in [0.25, 0.3) is 0 Å². The summed E-state index contributed by atoms with van der Waals surface area (Å²) in [4.78, 5) is 0. The van der Waals surface area contributed by atoms with Gasteiger partial charge in [0, 0.05) is 18.7 Å². The summed E-state index contributed by atoms with van der Waals surface area (Å²) in [5, 5.41) is 0. The normalized spacial score (nSPS) is 12.6. The Labute approximate surface area is 116 Å². The molecular formula is C12H17F3N2O2S. The van der Waals surface area contributed by atoms with Crippen molar-refractivity contribution in [3.8, 4) is 0 Å². The Hall–Kier alpha value is -1.28. The molecule has 3 N–H and O–H groups in total. The van der Waals surface area contributed by atoms with Gasteiger partial charge in [-0.3, -0.25) is 0 Å². The number of rotatable bonds is 7. The molecular weight excluding hydrogens is 293 g/mol. The molecule has 0 aromatic heterocycles. The second-order valence-corrected chi connectivity index (χ2v) is 6.28. The van der Waals surface area contributed by atoms with Crippen molar-refractivity contribution in [3.05, 3.63) is 29.8 Å². The van der Waals surface area contributed by atoms with Crippen molar-refractivity contribution in [1.29, 1.82) is 0 Å². The summed E-state index contributed by atoms with van der Waals surface area (Å²) in [6.07, 6.45) is -5.04. The average Bonchev–Trinajstić information content (AvgIpc) is 2.26. The van der Waals surface area contributed by atoms with E-state index in [1.807, 2.05) is 0 Å². The lowest BCUT2D eigenvalue weighted by Crippen LogP contribution is -2.26. The van der Waals surface area contributed by atoms with Gasteiger partial charge in [-0.15, -0.1) is 0 Å². The minimum absolute atomic E-state index is 0.000723. The number of halogens is 3.